The van der Waals surface area contributed by atoms with Gasteiger partial charge < -0.3 is 10.2 Å². The molecule has 1 atom stereocenters. The van der Waals surface area contributed by atoms with Gasteiger partial charge in [-0.1, -0.05) is 47.6 Å². The summed E-state index contributed by atoms with van der Waals surface area (Å²) in [7, 11) is 0. The lowest BCUT2D eigenvalue weighted by molar-refractivity contribution is -0.130. The fourth-order valence-corrected chi connectivity index (χ4v) is 5.25. The number of thioether (sulfide) groups is 1. The second kappa shape index (κ2) is 10.6. The van der Waals surface area contributed by atoms with Crippen LogP contribution in [0.1, 0.15) is 30.9 Å². The summed E-state index contributed by atoms with van der Waals surface area (Å²) < 4.78 is 1.98. The maximum atomic E-state index is 13.0. The molecule has 2 amide bonds. The molecule has 1 aliphatic heterocycles. The molecule has 0 saturated carbocycles. The molecular formula is C25H28ClN5O2S. The molecule has 0 spiro atoms. The molecule has 4 rings (SSSR count). The predicted molar refractivity (Wildman–Crippen MR) is 135 cm³/mol. The van der Waals surface area contributed by atoms with Crippen LogP contribution in [0.3, 0.4) is 0 Å². The zero-order chi connectivity index (χ0) is 24.2. The summed E-state index contributed by atoms with van der Waals surface area (Å²) in [6, 6.07) is 13.8. The van der Waals surface area contributed by atoms with Crippen LogP contribution in [-0.2, 0) is 9.59 Å². The van der Waals surface area contributed by atoms with E-state index in [1.165, 1.54) is 18.7 Å². The van der Waals surface area contributed by atoms with E-state index in [9.17, 15) is 9.59 Å². The highest BCUT2D eigenvalue weighted by Gasteiger charge is 2.25. The van der Waals surface area contributed by atoms with Crippen molar-refractivity contribution < 1.29 is 9.59 Å². The van der Waals surface area contributed by atoms with Crippen LogP contribution in [0.15, 0.2) is 47.6 Å². The fourth-order valence-electron chi connectivity index (χ4n) is 4.18. The van der Waals surface area contributed by atoms with Gasteiger partial charge in [0, 0.05) is 31.6 Å². The van der Waals surface area contributed by atoms with Crippen molar-refractivity contribution in [1.29, 1.82) is 0 Å². The number of piperidine rings is 1. The van der Waals surface area contributed by atoms with Gasteiger partial charge in [-0.3, -0.25) is 14.2 Å². The van der Waals surface area contributed by atoms with E-state index in [2.05, 4.69) is 33.7 Å². The molecule has 1 aromatic heterocycles. The summed E-state index contributed by atoms with van der Waals surface area (Å²) in [6.45, 7) is 6.83. The van der Waals surface area contributed by atoms with E-state index in [0.717, 1.165) is 35.2 Å². The second-order valence-electron chi connectivity index (χ2n) is 8.58. The minimum Gasteiger partial charge on any atom is -0.352 e. The van der Waals surface area contributed by atoms with Crippen LogP contribution in [0.25, 0.3) is 17.1 Å². The molecule has 2 heterocycles. The van der Waals surface area contributed by atoms with E-state index in [1.54, 1.807) is 0 Å². The summed E-state index contributed by atoms with van der Waals surface area (Å²) in [4.78, 5) is 26.3. The third-order valence-corrected chi connectivity index (χ3v) is 7.10. The number of carbonyl (C=O) groups is 2. The average molecular weight is 498 g/mol. The lowest BCUT2D eigenvalue weighted by Gasteiger charge is -2.33. The van der Waals surface area contributed by atoms with E-state index < -0.39 is 0 Å². The average Bonchev–Trinajstić information content (AvgIpc) is 3.22. The fraction of sp³-hybridized carbons (Fsp3) is 0.360. The van der Waals surface area contributed by atoms with Gasteiger partial charge in [0.2, 0.25) is 11.8 Å². The number of nitrogens with zero attached hydrogens (tertiary/aromatic N) is 4. The van der Waals surface area contributed by atoms with Gasteiger partial charge in [-0.2, -0.15) is 0 Å². The van der Waals surface area contributed by atoms with E-state index in [0.29, 0.717) is 29.1 Å². The van der Waals surface area contributed by atoms with Crippen LogP contribution in [0, 0.1) is 13.8 Å². The van der Waals surface area contributed by atoms with Crippen molar-refractivity contribution >= 4 is 35.2 Å². The molecule has 1 N–H and O–H groups in total. The number of hydrogen-bond acceptors (Lipinski definition) is 5. The molecule has 0 bridgehead atoms. The van der Waals surface area contributed by atoms with Crippen molar-refractivity contribution in [3.8, 4) is 17.1 Å². The smallest absolute Gasteiger partial charge is 0.233 e. The Hall–Kier alpha value is -2.84. The zero-order valence-electron chi connectivity index (χ0n) is 19.5. The first-order valence-electron chi connectivity index (χ1n) is 11.3. The molecule has 0 radical (unpaired) electrons. The Labute approximate surface area is 208 Å². The molecule has 2 aromatic carbocycles. The Kier molecular flexibility index (Phi) is 7.58. The maximum Gasteiger partial charge on any atom is 0.233 e. The first-order chi connectivity index (χ1) is 16.3. The van der Waals surface area contributed by atoms with Crippen molar-refractivity contribution in [3.05, 3.63) is 58.6 Å². The van der Waals surface area contributed by atoms with Gasteiger partial charge in [0.1, 0.15) is 0 Å². The number of carbonyl (C=O) groups excluding carboxylic acids is 2. The van der Waals surface area contributed by atoms with Crippen molar-refractivity contribution in [2.75, 3.05) is 18.8 Å². The van der Waals surface area contributed by atoms with E-state index in [-0.39, 0.29) is 23.6 Å². The lowest BCUT2D eigenvalue weighted by atomic mass is 10.1. The molecule has 1 unspecified atom stereocenters. The number of halogens is 1. The van der Waals surface area contributed by atoms with Crippen LogP contribution in [0.2, 0.25) is 5.02 Å². The van der Waals surface area contributed by atoms with Crippen molar-refractivity contribution in [1.82, 2.24) is 25.0 Å². The number of hydrogen-bond donors (Lipinski definition) is 1. The Morgan fingerprint density at radius 3 is 2.74 bits per heavy atom. The first kappa shape index (κ1) is 24.3. The largest absolute Gasteiger partial charge is 0.352 e. The third-order valence-electron chi connectivity index (χ3n) is 5.86. The summed E-state index contributed by atoms with van der Waals surface area (Å²) in [6.07, 6.45) is 1.76. The minimum atomic E-state index is -0.0672. The van der Waals surface area contributed by atoms with Crippen molar-refractivity contribution in [2.45, 2.75) is 44.8 Å². The molecular weight excluding hydrogens is 470 g/mol. The zero-order valence-corrected chi connectivity index (χ0v) is 21.1. The highest BCUT2D eigenvalue weighted by atomic mass is 35.5. The van der Waals surface area contributed by atoms with Gasteiger partial charge in [-0.15, -0.1) is 10.2 Å². The van der Waals surface area contributed by atoms with Gasteiger partial charge in [-0.05, 0) is 56.0 Å². The van der Waals surface area contributed by atoms with Gasteiger partial charge >= 0.3 is 0 Å². The summed E-state index contributed by atoms with van der Waals surface area (Å²) in [5.41, 5.74) is 3.92. The van der Waals surface area contributed by atoms with Gasteiger partial charge in [-0.25, -0.2) is 0 Å². The highest BCUT2D eigenvalue weighted by Crippen LogP contribution is 2.33. The van der Waals surface area contributed by atoms with Crippen LogP contribution in [0.5, 0.6) is 0 Å². The molecule has 1 saturated heterocycles. The normalized spacial score (nSPS) is 15.9. The lowest BCUT2D eigenvalue weighted by Crippen LogP contribution is -2.49. The van der Waals surface area contributed by atoms with Crippen molar-refractivity contribution in [2.24, 2.45) is 0 Å². The second-order valence-corrected chi connectivity index (χ2v) is 9.93. The van der Waals surface area contributed by atoms with E-state index in [1.807, 2.05) is 47.6 Å². The SMILES string of the molecule is CC(=O)NC1CCCN(C(=O)CSc2nnc(-c3ccccc3Cl)n2-c2cc(C)ccc2C)C1. The number of amides is 2. The molecule has 1 fully saturated rings. The molecule has 3 aromatic rings. The highest BCUT2D eigenvalue weighted by molar-refractivity contribution is 7.99. The maximum absolute atomic E-state index is 13.0. The van der Waals surface area contributed by atoms with Crippen LogP contribution >= 0.6 is 23.4 Å². The molecule has 178 valence electrons. The number of nitrogens with one attached hydrogen (secondary N) is 1. The van der Waals surface area contributed by atoms with E-state index in [4.69, 9.17) is 11.6 Å². The monoisotopic (exact) mass is 497 g/mol. The van der Waals surface area contributed by atoms with Gasteiger partial charge in [0.15, 0.2) is 11.0 Å². The third kappa shape index (κ3) is 5.45. The molecule has 34 heavy (non-hydrogen) atoms. The number of benzene rings is 2. The predicted octanol–water partition coefficient (Wildman–Crippen LogP) is 4.42. The Morgan fingerprint density at radius 2 is 1.97 bits per heavy atom. The van der Waals surface area contributed by atoms with Crippen LogP contribution in [-0.4, -0.2) is 56.4 Å². The summed E-state index contributed by atoms with van der Waals surface area (Å²) in [5.74, 6) is 0.827. The van der Waals surface area contributed by atoms with Gasteiger partial charge in [0.25, 0.3) is 0 Å². The number of aryl methyl sites for hydroxylation is 2. The minimum absolute atomic E-state index is 0.00521. The molecule has 9 heteroatoms. The quantitative estimate of drug-likeness (QED) is 0.510. The molecule has 1 aliphatic rings. The number of aromatic nitrogens is 3. The Balaban J connectivity index is 1.61. The topological polar surface area (TPSA) is 80.1 Å². The van der Waals surface area contributed by atoms with Gasteiger partial charge in [0.05, 0.1) is 16.5 Å². The van der Waals surface area contributed by atoms with E-state index >= 15 is 0 Å². The number of likely N-dealkylation sites (tertiary alicyclic amines) is 1. The summed E-state index contributed by atoms with van der Waals surface area (Å²) in [5, 5.41) is 13.1. The van der Waals surface area contributed by atoms with Crippen LogP contribution in [0.4, 0.5) is 0 Å². The van der Waals surface area contributed by atoms with Crippen LogP contribution < -0.4 is 5.32 Å². The first-order valence-corrected chi connectivity index (χ1v) is 12.7. The summed E-state index contributed by atoms with van der Waals surface area (Å²) >= 11 is 7.86. The standard InChI is InChI=1S/C25H28ClN5O2S/c1-16-10-11-17(2)22(13-16)31-24(20-8-4-5-9-21(20)26)28-29-25(31)34-15-23(33)30-12-6-7-19(14-30)27-18(3)32/h4-5,8-11,13,19H,6-7,12,14-15H2,1-3H3,(H,27,32). The Morgan fingerprint density at radius 1 is 1.18 bits per heavy atom. The Bertz CT molecular complexity index is 1210. The molecule has 7 nitrogen and oxygen atoms in total. The molecule has 0 aliphatic carbocycles. The van der Waals surface area contributed by atoms with Crippen molar-refractivity contribution in [3.63, 3.8) is 0 Å². The number of rotatable bonds is 6.